The number of hydrogen-bond acceptors (Lipinski definition) is 3. The van der Waals surface area contributed by atoms with Crippen LogP contribution in [0.25, 0.3) is 0 Å². The smallest absolute Gasteiger partial charge is 0.176 e. The quantitative estimate of drug-likeness (QED) is 0.615. The van der Waals surface area contributed by atoms with Crippen LogP contribution in [0.4, 0.5) is 0 Å². The molecule has 1 aromatic carbocycles. The molecule has 0 aliphatic heterocycles. The summed E-state index contributed by atoms with van der Waals surface area (Å²) in [7, 11) is 3.20. The molecule has 0 saturated heterocycles. The van der Waals surface area contributed by atoms with Crippen molar-refractivity contribution in [3.05, 3.63) is 34.3 Å². The minimum absolute atomic E-state index is 0.267. The molecule has 0 bridgehead atoms. The molecule has 0 unspecified atom stereocenters. The van der Waals surface area contributed by atoms with Crippen molar-refractivity contribution in [2.75, 3.05) is 20.8 Å². The van der Waals surface area contributed by atoms with Gasteiger partial charge in [-0.2, -0.15) is 0 Å². The number of methoxy groups -OCH3 is 2. The van der Waals surface area contributed by atoms with Crippen LogP contribution in [-0.2, 0) is 9.47 Å². The third-order valence-electron chi connectivity index (χ3n) is 1.89. The van der Waals surface area contributed by atoms with Crippen LogP contribution in [0.15, 0.2) is 33.7 Å². The predicted molar refractivity (Wildman–Crippen MR) is 75.8 cm³/mol. The summed E-state index contributed by atoms with van der Waals surface area (Å²) >= 11 is 3.37. The summed E-state index contributed by atoms with van der Waals surface area (Å²) in [5.41, 5.74) is 1.06. The van der Waals surface area contributed by atoms with Crippen molar-refractivity contribution in [3.63, 3.8) is 0 Å². The van der Waals surface area contributed by atoms with Gasteiger partial charge in [-0.15, -0.1) is 0 Å². The normalized spacial score (nSPS) is 10.5. The van der Waals surface area contributed by atoms with E-state index in [1.807, 2.05) is 38.1 Å². The lowest BCUT2D eigenvalue weighted by Gasteiger charge is -2.09. The molecule has 0 atom stereocenters. The van der Waals surface area contributed by atoms with Gasteiger partial charge < -0.3 is 9.47 Å². The number of nitrogens with zero attached hydrogens (tertiary/aromatic N) is 1. The zero-order chi connectivity index (χ0) is 13.1. The topological polar surface area (TPSA) is 30.8 Å². The van der Waals surface area contributed by atoms with Crippen LogP contribution in [0.3, 0.4) is 0 Å². The standard InChI is InChI=1S/C11H14BrNO2.C2H6/c1-14-11(15-2)8-13-7-9-3-5-10(12)6-4-9;1-2/h3-7,11H,8H2,1-2H3;1-2H3. The molecule has 4 heteroatoms. The maximum absolute atomic E-state index is 5.01. The summed E-state index contributed by atoms with van der Waals surface area (Å²) < 4.78 is 11.1. The summed E-state index contributed by atoms with van der Waals surface area (Å²) in [4.78, 5) is 4.22. The zero-order valence-corrected chi connectivity index (χ0v) is 12.4. The van der Waals surface area contributed by atoms with Crippen LogP contribution in [0.2, 0.25) is 0 Å². The molecule has 0 amide bonds. The second-order valence-corrected chi connectivity index (χ2v) is 3.86. The van der Waals surface area contributed by atoms with Crippen LogP contribution >= 0.6 is 15.9 Å². The molecule has 0 spiro atoms. The van der Waals surface area contributed by atoms with E-state index in [4.69, 9.17) is 9.47 Å². The lowest BCUT2D eigenvalue weighted by molar-refractivity contribution is -0.0936. The SMILES string of the molecule is CC.COC(CN=Cc1ccc(Br)cc1)OC. The highest BCUT2D eigenvalue weighted by Crippen LogP contribution is 2.09. The molecule has 0 radical (unpaired) electrons. The van der Waals surface area contributed by atoms with Crippen molar-refractivity contribution in [1.29, 1.82) is 0 Å². The van der Waals surface area contributed by atoms with Gasteiger partial charge in [0.05, 0.1) is 6.54 Å². The van der Waals surface area contributed by atoms with Crippen LogP contribution in [0, 0.1) is 0 Å². The molecule has 17 heavy (non-hydrogen) atoms. The molecule has 1 aromatic rings. The first-order chi connectivity index (χ1) is 8.26. The van der Waals surface area contributed by atoms with E-state index in [-0.39, 0.29) is 6.29 Å². The highest BCUT2D eigenvalue weighted by Gasteiger charge is 2.00. The molecule has 0 saturated carbocycles. The summed E-state index contributed by atoms with van der Waals surface area (Å²) in [6.45, 7) is 4.50. The maximum Gasteiger partial charge on any atom is 0.176 e. The Bertz CT molecular complexity index is 308. The number of hydrogen-bond donors (Lipinski definition) is 0. The van der Waals surface area contributed by atoms with Crippen LogP contribution in [0.5, 0.6) is 0 Å². The van der Waals surface area contributed by atoms with Crippen LogP contribution < -0.4 is 0 Å². The Labute approximate surface area is 112 Å². The molecular formula is C13H20BrNO2. The van der Waals surface area contributed by atoms with E-state index in [1.165, 1.54) is 0 Å². The molecule has 1 rings (SSSR count). The molecule has 0 aliphatic rings. The Balaban J connectivity index is 0.00000121. The van der Waals surface area contributed by atoms with Crippen molar-refractivity contribution in [2.24, 2.45) is 4.99 Å². The first-order valence-electron chi connectivity index (χ1n) is 5.57. The maximum atomic E-state index is 5.01. The molecule has 0 N–H and O–H groups in total. The number of rotatable bonds is 5. The van der Waals surface area contributed by atoms with Crippen LogP contribution in [0.1, 0.15) is 19.4 Å². The van der Waals surface area contributed by atoms with Gasteiger partial charge in [-0.05, 0) is 17.7 Å². The van der Waals surface area contributed by atoms with Gasteiger partial charge in [-0.3, -0.25) is 4.99 Å². The molecule has 3 nitrogen and oxygen atoms in total. The summed E-state index contributed by atoms with van der Waals surface area (Å²) in [6.07, 6.45) is 1.54. The molecule has 0 heterocycles. The van der Waals surface area contributed by atoms with E-state index in [2.05, 4.69) is 20.9 Å². The van der Waals surface area contributed by atoms with E-state index in [1.54, 1.807) is 20.4 Å². The molecule has 0 fully saturated rings. The first kappa shape index (κ1) is 16.3. The summed E-state index contributed by atoms with van der Waals surface area (Å²) in [5.74, 6) is 0. The number of halogens is 1. The van der Waals surface area contributed by atoms with Crippen molar-refractivity contribution in [1.82, 2.24) is 0 Å². The lowest BCUT2D eigenvalue weighted by Crippen LogP contribution is -2.16. The average Bonchev–Trinajstić information content (AvgIpc) is 2.39. The Morgan fingerprint density at radius 3 is 2.18 bits per heavy atom. The first-order valence-corrected chi connectivity index (χ1v) is 6.36. The molecular weight excluding hydrogens is 282 g/mol. The van der Waals surface area contributed by atoms with Gasteiger partial charge in [0.1, 0.15) is 0 Å². The van der Waals surface area contributed by atoms with Gasteiger partial charge >= 0.3 is 0 Å². The van der Waals surface area contributed by atoms with Gasteiger partial charge in [0.2, 0.25) is 0 Å². The third kappa shape index (κ3) is 7.26. The Hall–Kier alpha value is -0.710. The van der Waals surface area contributed by atoms with Gasteiger partial charge in [0.15, 0.2) is 6.29 Å². The highest BCUT2D eigenvalue weighted by molar-refractivity contribution is 9.10. The van der Waals surface area contributed by atoms with E-state index >= 15 is 0 Å². The average molecular weight is 302 g/mol. The fourth-order valence-corrected chi connectivity index (χ4v) is 1.30. The Morgan fingerprint density at radius 1 is 1.18 bits per heavy atom. The zero-order valence-electron chi connectivity index (χ0n) is 10.8. The molecule has 0 aromatic heterocycles. The Kier molecular flexibility index (Phi) is 10.0. The monoisotopic (exact) mass is 301 g/mol. The van der Waals surface area contributed by atoms with Crippen molar-refractivity contribution in [3.8, 4) is 0 Å². The van der Waals surface area contributed by atoms with Crippen molar-refractivity contribution in [2.45, 2.75) is 20.1 Å². The fourth-order valence-electron chi connectivity index (χ4n) is 1.04. The highest BCUT2D eigenvalue weighted by atomic mass is 79.9. The second kappa shape index (κ2) is 10.4. The van der Waals surface area contributed by atoms with E-state index < -0.39 is 0 Å². The number of benzene rings is 1. The summed E-state index contributed by atoms with van der Waals surface area (Å²) in [6, 6.07) is 7.93. The van der Waals surface area contributed by atoms with Gasteiger partial charge in [0.25, 0.3) is 0 Å². The fraction of sp³-hybridized carbons (Fsp3) is 0.462. The van der Waals surface area contributed by atoms with Crippen LogP contribution in [-0.4, -0.2) is 33.3 Å². The summed E-state index contributed by atoms with van der Waals surface area (Å²) in [5, 5.41) is 0. The van der Waals surface area contributed by atoms with Crippen molar-refractivity contribution >= 4 is 22.1 Å². The Morgan fingerprint density at radius 2 is 1.71 bits per heavy atom. The minimum atomic E-state index is -0.267. The van der Waals surface area contributed by atoms with Gasteiger partial charge in [-0.1, -0.05) is 41.9 Å². The number of ether oxygens (including phenoxy) is 2. The molecule has 96 valence electrons. The largest absolute Gasteiger partial charge is 0.354 e. The van der Waals surface area contributed by atoms with Gasteiger partial charge in [-0.25, -0.2) is 0 Å². The number of aliphatic imine (C=N–C) groups is 1. The van der Waals surface area contributed by atoms with E-state index in [0.717, 1.165) is 10.0 Å². The van der Waals surface area contributed by atoms with Crippen molar-refractivity contribution < 1.29 is 9.47 Å². The third-order valence-corrected chi connectivity index (χ3v) is 2.42. The lowest BCUT2D eigenvalue weighted by atomic mass is 10.2. The van der Waals surface area contributed by atoms with E-state index in [9.17, 15) is 0 Å². The molecule has 0 aliphatic carbocycles. The predicted octanol–water partition coefficient (Wildman–Crippen LogP) is 3.51. The second-order valence-electron chi connectivity index (χ2n) is 2.95. The minimum Gasteiger partial charge on any atom is -0.354 e. The van der Waals surface area contributed by atoms with Gasteiger partial charge in [0, 0.05) is 24.9 Å². The van der Waals surface area contributed by atoms with E-state index in [0.29, 0.717) is 6.54 Å².